The monoisotopic (exact) mass is 348 g/mol. The molecule has 2 aliphatic rings. The molecule has 5 heteroatoms. The molecule has 1 aliphatic heterocycles. The number of thiophene rings is 1. The van der Waals surface area contributed by atoms with Crippen molar-refractivity contribution in [1.82, 2.24) is 10.2 Å². The van der Waals surface area contributed by atoms with Gasteiger partial charge >= 0.3 is 0 Å². The first-order chi connectivity index (χ1) is 11.7. The van der Waals surface area contributed by atoms with Crippen molar-refractivity contribution in [2.24, 2.45) is 5.92 Å². The van der Waals surface area contributed by atoms with E-state index in [1.165, 1.54) is 25.7 Å². The average Bonchev–Trinajstić information content (AvgIpc) is 3.24. The average molecular weight is 349 g/mol. The van der Waals surface area contributed by atoms with Gasteiger partial charge in [-0.2, -0.15) is 11.3 Å². The molecule has 1 unspecified atom stereocenters. The molecule has 0 bridgehead atoms. The fourth-order valence-corrected chi connectivity index (χ4v) is 4.60. The van der Waals surface area contributed by atoms with Gasteiger partial charge in [0.25, 0.3) is 0 Å². The summed E-state index contributed by atoms with van der Waals surface area (Å²) in [6.07, 6.45) is 9.50. The summed E-state index contributed by atoms with van der Waals surface area (Å²) in [6.45, 7) is 1.29. The molecule has 1 aromatic heterocycles. The topological polar surface area (TPSA) is 49.4 Å². The standard InChI is InChI=1S/C19H28N2O2S/c22-18(9-8-15-5-1-2-6-15)21(13-16-10-12-24-14-16)17-7-3-4-11-20-19(17)23/h10,12,14-15,17H,1-9,11,13H2,(H,20,23). The smallest absolute Gasteiger partial charge is 0.242 e. The molecule has 132 valence electrons. The van der Waals surface area contributed by atoms with E-state index in [1.54, 1.807) is 11.3 Å². The number of amides is 2. The Morgan fingerprint density at radius 2 is 2.00 bits per heavy atom. The summed E-state index contributed by atoms with van der Waals surface area (Å²) in [6, 6.07) is 1.75. The van der Waals surface area contributed by atoms with E-state index < -0.39 is 0 Å². The number of hydrogen-bond acceptors (Lipinski definition) is 3. The van der Waals surface area contributed by atoms with Crippen molar-refractivity contribution in [3.8, 4) is 0 Å². The summed E-state index contributed by atoms with van der Waals surface area (Å²) in [7, 11) is 0. The Morgan fingerprint density at radius 3 is 2.75 bits per heavy atom. The van der Waals surface area contributed by atoms with Gasteiger partial charge in [-0.15, -0.1) is 0 Å². The molecule has 0 radical (unpaired) electrons. The SMILES string of the molecule is O=C1NCCCCC1N(Cc1ccsc1)C(=O)CCC1CCCC1. The van der Waals surface area contributed by atoms with Gasteiger partial charge in [0.05, 0.1) is 0 Å². The summed E-state index contributed by atoms with van der Waals surface area (Å²) in [5.74, 6) is 0.881. The fraction of sp³-hybridized carbons (Fsp3) is 0.684. The van der Waals surface area contributed by atoms with Crippen LogP contribution in [-0.4, -0.2) is 29.3 Å². The van der Waals surface area contributed by atoms with E-state index in [0.29, 0.717) is 18.9 Å². The summed E-state index contributed by atoms with van der Waals surface area (Å²) < 4.78 is 0. The van der Waals surface area contributed by atoms with Crippen LogP contribution in [0.1, 0.15) is 63.4 Å². The lowest BCUT2D eigenvalue weighted by Crippen LogP contribution is -2.48. The predicted octanol–water partition coefficient (Wildman–Crippen LogP) is 3.72. The van der Waals surface area contributed by atoms with Gasteiger partial charge in [-0.1, -0.05) is 25.7 Å². The molecule has 1 aromatic rings. The summed E-state index contributed by atoms with van der Waals surface area (Å²) in [4.78, 5) is 27.2. The Kier molecular flexibility index (Phi) is 6.30. The van der Waals surface area contributed by atoms with Crippen LogP contribution in [0.5, 0.6) is 0 Å². The lowest BCUT2D eigenvalue weighted by atomic mass is 10.0. The molecule has 0 spiro atoms. The van der Waals surface area contributed by atoms with Crippen LogP contribution in [0, 0.1) is 5.92 Å². The van der Waals surface area contributed by atoms with Gasteiger partial charge in [0.2, 0.25) is 11.8 Å². The summed E-state index contributed by atoms with van der Waals surface area (Å²) in [5.41, 5.74) is 1.13. The van der Waals surface area contributed by atoms with Crippen LogP contribution in [0.4, 0.5) is 0 Å². The molecule has 1 atom stereocenters. The highest BCUT2D eigenvalue weighted by Crippen LogP contribution is 2.29. The predicted molar refractivity (Wildman–Crippen MR) is 96.7 cm³/mol. The van der Waals surface area contributed by atoms with E-state index in [2.05, 4.69) is 16.8 Å². The molecule has 2 heterocycles. The van der Waals surface area contributed by atoms with E-state index in [1.807, 2.05) is 10.3 Å². The Hall–Kier alpha value is -1.36. The molecule has 2 fully saturated rings. The molecule has 0 aromatic carbocycles. The van der Waals surface area contributed by atoms with E-state index in [9.17, 15) is 9.59 Å². The van der Waals surface area contributed by atoms with Gasteiger partial charge in [0.1, 0.15) is 6.04 Å². The molecule has 1 aliphatic carbocycles. The van der Waals surface area contributed by atoms with Crippen molar-refractivity contribution in [2.75, 3.05) is 6.54 Å². The van der Waals surface area contributed by atoms with Crippen LogP contribution in [0.25, 0.3) is 0 Å². The maximum atomic E-state index is 12.9. The fourth-order valence-electron chi connectivity index (χ4n) is 3.94. The van der Waals surface area contributed by atoms with E-state index in [0.717, 1.165) is 37.8 Å². The second kappa shape index (κ2) is 8.65. The molecule has 24 heavy (non-hydrogen) atoms. The molecule has 1 saturated carbocycles. The van der Waals surface area contributed by atoms with Gasteiger partial charge in [0.15, 0.2) is 0 Å². The van der Waals surface area contributed by atoms with Crippen LogP contribution >= 0.6 is 11.3 Å². The van der Waals surface area contributed by atoms with Gasteiger partial charge in [0, 0.05) is 19.5 Å². The zero-order valence-electron chi connectivity index (χ0n) is 14.3. The van der Waals surface area contributed by atoms with Crippen molar-refractivity contribution < 1.29 is 9.59 Å². The number of nitrogens with zero attached hydrogens (tertiary/aromatic N) is 1. The zero-order valence-corrected chi connectivity index (χ0v) is 15.2. The van der Waals surface area contributed by atoms with E-state index in [4.69, 9.17) is 0 Å². The highest BCUT2D eigenvalue weighted by atomic mass is 32.1. The molecular formula is C19H28N2O2S. The second-order valence-corrected chi connectivity index (χ2v) is 7.93. The van der Waals surface area contributed by atoms with Crippen molar-refractivity contribution in [2.45, 2.75) is 70.4 Å². The maximum Gasteiger partial charge on any atom is 0.242 e. The highest BCUT2D eigenvalue weighted by Gasteiger charge is 2.31. The quantitative estimate of drug-likeness (QED) is 0.852. The minimum absolute atomic E-state index is 0.0249. The minimum Gasteiger partial charge on any atom is -0.354 e. The third kappa shape index (κ3) is 4.59. The van der Waals surface area contributed by atoms with Crippen molar-refractivity contribution in [3.05, 3.63) is 22.4 Å². The number of carbonyl (C=O) groups excluding carboxylic acids is 2. The van der Waals surface area contributed by atoms with Gasteiger partial charge in [-0.25, -0.2) is 0 Å². The van der Waals surface area contributed by atoms with Gasteiger partial charge in [-0.3, -0.25) is 9.59 Å². The Morgan fingerprint density at radius 1 is 1.21 bits per heavy atom. The minimum atomic E-state index is -0.302. The molecule has 3 rings (SSSR count). The first-order valence-corrected chi connectivity index (χ1v) is 10.3. The summed E-state index contributed by atoms with van der Waals surface area (Å²) >= 11 is 1.64. The van der Waals surface area contributed by atoms with Crippen molar-refractivity contribution in [1.29, 1.82) is 0 Å². The Labute approximate surface area is 148 Å². The molecule has 1 saturated heterocycles. The summed E-state index contributed by atoms with van der Waals surface area (Å²) in [5, 5.41) is 7.08. The third-order valence-corrected chi connectivity index (χ3v) is 6.11. The van der Waals surface area contributed by atoms with Gasteiger partial charge < -0.3 is 10.2 Å². The first kappa shape index (κ1) is 17.5. The molecule has 4 nitrogen and oxygen atoms in total. The zero-order chi connectivity index (χ0) is 16.8. The third-order valence-electron chi connectivity index (χ3n) is 5.38. The number of hydrogen-bond donors (Lipinski definition) is 1. The van der Waals surface area contributed by atoms with Crippen molar-refractivity contribution in [3.63, 3.8) is 0 Å². The van der Waals surface area contributed by atoms with Crippen LogP contribution in [-0.2, 0) is 16.1 Å². The van der Waals surface area contributed by atoms with Gasteiger partial charge in [-0.05, 0) is 54.0 Å². The number of nitrogens with one attached hydrogen (secondary N) is 1. The lowest BCUT2D eigenvalue weighted by molar-refractivity contribution is -0.141. The van der Waals surface area contributed by atoms with Crippen LogP contribution in [0.3, 0.4) is 0 Å². The largest absolute Gasteiger partial charge is 0.354 e. The molecular weight excluding hydrogens is 320 g/mol. The van der Waals surface area contributed by atoms with Crippen LogP contribution in [0.2, 0.25) is 0 Å². The molecule has 1 N–H and O–H groups in total. The Bertz CT molecular complexity index is 538. The number of carbonyl (C=O) groups is 2. The lowest BCUT2D eigenvalue weighted by Gasteiger charge is -2.30. The Balaban J connectivity index is 1.67. The highest BCUT2D eigenvalue weighted by molar-refractivity contribution is 7.07. The second-order valence-electron chi connectivity index (χ2n) is 7.15. The van der Waals surface area contributed by atoms with E-state index in [-0.39, 0.29) is 17.9 Å². The van der Waals surface area contributed by atoms with E-state index >= 15 is 0 Å². The maximum absolute atomic E-state index is 12.9. The normalized spacial score (nSPS) is 22.2. The first-order valence-electron chi connectivity index (χ1n) is 9.32. The van der Waals surface area contributed by atoms with Crippen LogP contribution < -0.4 is 5.32 Å². The molecule has 2 amide bonds. The van der Waals surface area contributed by atoms with Crippen molar-refractivity contribution >= 4 is 23.2 Å². The number of rotatable bonds is 6. The van der Waals surface area contributed by atoms with Crippen LogP contribution in [0.15, 0.2) is 16.8 Å².